The minimum absolute atomic E-state index is 0.957. The molecule has 4 atom stereocenters. The second-order valence-corrected chi connectivity index (χ2v) is 4.79. The third-order valence-electron chi connectivity index (χ3n) is 4.16. The minimum Gasteiger partial charge on any atom is -0.0996 e. The molecule has 3 aliphatic carbocycles. The molecule has 0 bridgehead atoms. The molecule has 74 valence electrons. The Morgan fingerprint density at radius 1 is 1.00 bits per heavy atom. The molecule has 0 heteroatoms. The maximum absolute atomic E-state index is 4.19. The van der Waals surface area contributed by atoms with Crippen LogP contribution in [-0.2, 0) is 0 Å². The maximum atomic E-state index is 4.19. The lowest BCUT2D eigenvalue weighted by molar-refractivity contribution is 0.290. The summed E-state index contributed by atoms with van der Waals surface area (Å²) >= 11 is 0. The number of hydrogen-bond donors (Lipinski definition) is 0. The lowest BCUT2D eigenvalue weighted by Crippen LogP contribution is -2.15. The van der Waals surface area contributed by atoms with Gasteiger partial charge in [-0.3, -0.25) is 0 Å². The van der Waals surface area contributed by atoms with E-state index < -0.39 is 0 Å². The van der Waals surface area contributed by atoms with Crippen LogP contribution in [0.4, 0.5) is 0 Å². The summed E-state index contributed by atoms with van der Waals surface area (Å²) in [7, 11) is 0. The Balaban J connectivity index is 0.000000308. The summed E-state index contributed by atoms with van der Waals surface area (Å²) in [6.45, 7) is 8.19. The van der Waals surface area contributed by atoms with Gasteiger partial charge in [-0.05, 0) is 55.8 Å². The van der Waals surface area contributed by atoms with Crippen LogP contribution in [0.1, 0.15) is 46.0 Å². The molecule has 0 heterocycles. The largest absolute Gasteiger partial charge is 0.0996 e. The van der Waals surface area contributed by atoms with Crippen molar-refractivity contribution in [3.63, 3.8) is 0 Å². The molecule has 0 nitrogen and oxygen atoms in total. The molecular formula is C13H22. The topological polar surface area (TPSA) is 0 Å². The van der Waals surface area contributed by atoms with Crippen molar-refractivity contribution in [2.75, 3.05) is 0 Å². The highest BCUT2D eigenvalue weighted by Crippen LogP contribution is 2.58. The first-order valence-corrected chi connectivity index (χ1v) is 6.02. The number of fused-ring (bicyclic) bond motifs is 2. The predicted molar refractivity (Wildman–Crippen MR) is 57.5 cm³/mol. The van der Waals surface area contributed by atoms with Crippen LogP contribution in [0, 0.1) is 23.7 Å². The molecule has 0 aromatic heterocycles. The zero-order valence-corrected chi connectivity index (χ0v) is 9.05. The highest BCUT2D eigenvalue weighted by molar-refractivity contribution is 5.14. The Morgan fingerprint density at radius 2 is 1.62 bits per heavy atom. The lowest BCUT2D eigenvalue weighted by Gasteiger charge is -2.24. The van der Waals surface area contributed by atoms with Crippen molar-refractivity contribution in [3.8, 4) is 0 Å². The first-order chi connectivity index (χ1) is 6.34. The van der Waals surface area contributed by atoms with Crippen LogP contribution in [0.15, 0.2) is 12.2 Å². The van der Waals surface area contributed by atoms with Crippen molar-refractivity contribution in [3.05, 3.63) is 12.2 Å². The minimum atomic E-state index is 0.957. The van der Waals surface area contributed by atoms with E-state index in [1.807, 2.05) is 13.8 Å². The number of rotatable bonds is 0. The van der Waals surface area contributed by atoms with Crippen LogP contribution >= 0.6 is 0 Å². The van der Waals surface area contributed by atoms with E-state index in [-0.39, 0.29) is 0 Å². The van der Waals surface area contributed by atoms with Crippen LogP contribution < -0.4 is 0 Å². The van der Waals surface area contributed by atoms with Crippen molar-refractivity contribution in [2.24, 2.45) is 23.7 Å². The van der Waals surface area contributed by atoms with Gasteiger partial charge >= 0.3 is 0 Å². The molecule has 4 unspecified atom stereocenters. The smallest absolute Gasteiger partial charge is 0.0175 e. The third kappa shape index (κ3) is 1.56. The monoisotopic (exact) mass is 178 g/mol. The first kappa shape index (κ1) is 9.30. The molecule has 0 N–H and O–H groups in total. The molecule has 3 fully saturated rings. The molecule has 0 saturated heterocycles. The zero-order chi connectivity index (χ0) is 9.42. The van der Waals surface area contributed by atoms with Gasteiger partial charge < -0.3 is 0 Å². The highest BCUT2D eigenvalue weighted by atomic mass is 14.5. The van der Waals surface area contributed by atoms with Gasteiger partial charge in [-0.25, -0.2) is 0 Å². The molecule has 0 aliphatic heterocycles. The molecule has 13 heavy (non-hydrogen) atoms. The molecule has 0 amide bonds. The van der Waals surface area contributed by atoms with Crippen LogP contribution in [-0.4, -0.2) is 0 Å². The second kappa shape index (κ2) is 3.48. The standard InChI is InChI=1S/C11H16.C2H6/c1-7-2-3-8-4-9-5-10(9)6-11(7)8;1-2/h8-11H,1-6H2;1-2H3. The van der Waals surface area contributed by atoms with Crippen LogP contribution in [0.3, 0.4) is 0 Å². The highest BCUT2D eigenvalue weighted by Gasteiger charge is 2.48. The van der Waals surface area contributed by atoms with E-state index in [9.17, 15) is 0 Å². The average Bonchev–Trinajstić information content (AvgIpc) is 2.85. The molecule has 3 saturated carbocycles. The third-order valence-corrected chi connectivity index (χ3v) is 4.16. The maximum Gasteiger partial charge on any atom is -0.0175 e. The summed E-state index contributed by atoms with van der Waals surface area (Å²) < 4.78 is 0. The van der Waals surface area contributed by atoms with E-state index in [2.05, 4.69) is 6.58 Å². The normalized spacial score (nSPS) is 45.8. The van der Waals surface area contributed by atoms with Gasteiger partial charge in [0.2, 0.25) is 0 Å². The van der Waals surface area contributed by atoms with E-state index in [1.165, 1.54) is 19.3 Å². The summed E-state index contributed by atoms with van der Waals surface area (Å²) in [5, 5.41) is 0. The summed E-state index contributed by atoms with van der Waals surface area (Å²) in [5.74, 6) is 4.30. The summed E-state index contributed by atoms with van der Waals surface area (Å²) in [4.78, 5) is 0. The second-order valence-electron chi connectivity index (χ2n) is 4.79. The number of hydrogen-bond acceptors (Lipinski definition) is 0. The van der Waals surface area contributed by atoms with Crippen molar-refractivity contribution >= 4 is 0 Å². The molecular weight excluding hydrogens is 156 g/mol. The Kier molecular flexibility index (Phi) is 2.49. The number of allylic oxidation sites excluding steroid dienone is 1. The van der Waals surface area contributed by atoms with Crippen LogP contribution in [0.5, 0.6) is 0 Å². The van der Waals surface area contributed by atoms with E-state index in [0.717, 1.165) is 23.7 Å². The lowest BCUT2D eigenvalue weighted by atomic mass is 9.81. The van der Waals surface area contributed by atoms with Crippen molar-refractivity contribution in [2.45, 2.75) is 46.0 Å². The first-order valence-electron chi connectivity index (χ1n) is 6.02. The fraction of sp³-hybridized carbons (Fsp3) is 0.846. The van der Waals surface area contributed by atoms with Gasteiger partial charge in [-0.2, -0.15) is 0 Å². The molecule has 0 radical (unpaired) electrons. The van der Waals surface area contributed by atoms with Gasteiger partial charge in [-0.1, -0.05) is 26.0 Å². The molecule has 3 aliphatic rings. The Bertz CT molecular complexity index is 204. The summed E-state index contributed by atoms with van der Waals surface area (Å²) in [6, 6.07) is 0. The Labute approximate surface area is 82.4 Å². The van der Waals surface area contributed by atoms with E-state index in [4.69, 9.17) is 0 Å². The Morgan fingerprint density at radius 3 is 2.38 bits per heavy atom. The van der Waals surface area contributed by atoms with Gasteiger partial charge in [0, 0.05) is 0 Å². The SMILES string of the molecule is C=C1CCC2CC3CC3CC12.CC. The van der Waals surface area contributed by atoms with Crippen molar-refractivity contribution in [1.82, 2.24) is 0 Å². The van der Waals surface area contributed by atoms with Gasteiger partial charge in [0.25, 0.3) is 0 Å². The molecule has 3 rings (SSSR count). The quantitative estimate of drug-likeness (QED) is 0.491. The Hall–Kier alpha value is -0.260. The molecule has 0 spiro atoms. The van der Waals surface area contributed by atoms with Crippen LogP contribution in [0.25, 0.3) is 0 Å². The van der Waals surface area contributed by atoms with Gasteiger partial charge in [0.15, 0.2) is 0 Å². The fourth-order valence-corrected chi connectivity index (χ4v) is 3.33. The van der Waals surface area contributed by atoms with Crippen LogP contribution in [0.2, 0.25) is 0 Å². The molecule has 0 aromatic rings. The zero-order valence-electron chi connectivity index (χ0n) is 9.05. The summed E-state index contributed by atoms with van der Waals surface area (Å²) in [5.41, 5.74) is 1.58. The fourth-order valence-electron chi connectivity index (χ4n) is 3.33. The van der Waals surface area contributed by atoms with E-state index in [1.54, 1.807) is 18.4 Å². The van der Waals surface area contributed by atoms with Crippen molar-refractivity contribution < 1.29 is 0 Å². The van der Waals surface area contributed by atoms with E-state index >= 15 is 0 Å². The van der Waals surface area contributed by atoms with Gasteiger partial charge in [0.1, 0.15) is 0 Å². The predicted octanol–water partition coefficient (Wildman–Crippen LogP) is 4.02. The average molecular weight is 178 g/mol. The molecule has 0 aromatic carbocycles. The van der Waals surface area contributed by atoms with Gasteiger partial charge in [0.05, 0.1) is 0 Å². The summed E-state index contributed by atoms with van der Waals surface area (Å²) in [6.07, 6.45) is 7.42. The van der Waals surface area contributed by atoms with Crippen molar-refractivity contribution in [1.29, 1.82) is 0 Å². The van der Waals surface area contributed by atoms with Gasteiger partial charge in [-0.15, -0.1) is 0 Å². The van der Waals surface area contributed by atoms with E-state index in [0.29, 0.717) is 0 Å².